The third kappa shape index (κ3) is 3.29. The molecule has 0 unspecified atom stereocenters. The van der Waals surface area contributed by atoms with Crippen LogP contribution in [-0.4, -0.2) is 29.9 Å². The summed E-state index contributed by atoms with van der Waals surface area (Å²) in [5.74, 6) is -0.685. The Bertz CT molecular complexity index is 1210. The van der Waals surface area contributed by atoms with Gasteiger partial charge in [0.1, 0.15) is 0 Å². The number of hydrogen-bond donors (Lipinski definition) is 0. The second-order valence-corrected chi connectivity index (χ2v) is 15.4. The second-order valence-electron chi connectivity index (χ2n) is 15.1. The van der Waals surface area contributed by atoms with E-state index in [2.05, 4.69) is 34.6 Å². The Hall–Kier alpha value is -1.75. The molecule has 0 N–H and O–H groups in total. The van der Waals surface area contributed by atoms with Gasteiger partial charge in [-0.3, -0.25) is 19.2 Å². The molecule has 38 heavy (non-hydrogen) atoms. The first-order chi connectivity index (χ1) is 17.4. The number of esters is 1. The van der Waals surface area contributed by atoms with Gasteiger partial charge in [-0.15, -0.1) is 0 Å². The van der Waals surface area contributed by atoms with Crippen LogP contribution in [0.1, 0.15) is 93.4 Å². The van der Waals surface area contributed by atoms with Gasteiger partial charge in [0.15, 0.2) is 11.6 Å². The quantitative estimate of drug-likeness (QED) is 0.222. The molecule has 0 aromatic heterocycles. The van der Waals surface area contributed by atoms with Crippen molar-refractivity contribution in [3.8, 4) is 0 Å². The van der Waals surface area contributed by atoms with Crippen LogP contribution < -0.4 is 0 Å². The van der Waals surface area contributed by atoms with Crippen LogP contribution in [0.25, 0.3) is 0 Å². The van der Waals surface area contributed by atoms with Crippen molar-refractivity contribution in [1.29, 1.82) is 0 Å². The van der Waals surface area contributed by atoms with Crippen molar-refractivity contribution < 1.29 is 23.9 Å². The normalized spacial score (nSPS) is 44.9. The summed E-state index contributed by atoms with van der Waals surface area (Å²) in [6.07, 6.45) is 9.31. The summed E-state index contributed by atoms with van der Waals surface area (Å²) in [5, 5.41) is -0.730. The van der Waals surface area contributed by atoms with Crippen LogP contribution in [0, 0.1) is 50.2 Å². The average Bonchev–Trinajstić information content (AvgIpc) is 2.82. The van der Waals surface area contributed by atoms with Crippen molar-refractivity contribution >= 4 is 34.4 Å². The minimum Gasteiger partial charge on any atom is -0.469 e. The molecule has 7 atom stereocenters. The van der Waals surface area contributed by atoms with Crippen molar-refractivity contribution in [3.63, 3.8) is 0 Å². The molecule has 5 aliphatic rings. The van der Waals surface area contributed by atoms with Crippen molar-refractivity contribution in [3.05, 3.63) is 23.3 Å². The van der Waals surface area contributed by atoms with Gasteiger partial charge >= 0.3 is 5.97 Å². The maximum absolute atomic E-state index is 14.4. The van der Waals surface area contributed by atoms with E-state index in [1.54, 1.807) is 6.08 Å². The predicted octanol–water partition coefficient (Wildman–Crippen LogP) is 6.62. The first-order valence-electron chi connectivity index (χ1n) is 14.2. The zero-order valence-corrected chi connectivity index (χ0v) is 25.0. The lowest BCUT2D eigenvalue weighted by Gasteiger charge is -2.68. The number of carbonyl (C=O) groups is 4. The lowest BCUT2D eigenvalue weighted by molar-refractivity contribution is -0.191. The number of allylic oxidation sites excluding steroid dienone is 4. The van der Waals surface area contributed by atoms with Gasteiger partial charge in [0.2, 0.25) is 0 Å². The first kappa shape index (κ1) is 27.8. The Labute approximate surface area is 232 Å². The van der Waals surface area contributed by atoms with Crippen LogP contribution in [0.3, 0.4) is 0 Å². The lowest BCUT2D eigenvalue weighted by atomic mass is 9.34. The standard InChI is InChI=1S/C32H43ClO5/c1-27(2)11-13-32(26(37)38-8)14-12-31(7)23(19(32)17-27)20(34)15-22-29(5)16-18(25(33)36)24(35)28(3,4)21(29)9-10-30(22,31)6/h15-16,19,21,23H,9-14,17H2,1-8H3/t19-,21-,23-,29-,30+,31+,32-/m0/s1. The molecule has 208 valence electrons. The third-order valence-electron chi connectivity index (χ3n) is 12.5. The molecule has 5 rings (SSSR count). The molecular weight excluding hydrogens is 500 g/mol. The molecule has 0 aromatic rings. The highest BCUT2D eigenvalue weighted by Crippen LogP contribution is 2.74. The fourth-order valence-corrected chi connectivity index (χ4v) is 10.4. The fourth-order valence-electron chi connectivity index (χ4n) is 10.3. The molecule has 0 radical (unpaired) electrons. The van der Waals surface area contributed by atoms with E-state index >= 15 is 0 Å². The Morgan fingerprint density at radius 1 is 0.947 bits per heavy atom. The fraction of sp³-hybridized carbons (Fsp3) is 0.750. The lowest BCUT2D eigenvalue weighted by Crippen LogP contribution is -2.66. The molecule has 0 bridgehead atoms. The molecule has 3 fully saturated rings. The molecule has 5 aliphatic carbocycles. The van der Waals surface area contributed by atoms with Crippen LogP contribution in [0.15, 0.2) is 23.3 Å². The van der Waals surface area contributed by atoms with Crippen LogP contribution >= 0.6 is 11.6 Å². The van der Waals surface area contributed by atoms with Crippen LogP contribution in [0.4, 0.5) is 0 Å². The van der Waals surface area contributed by atoms with Crippen molar-refractivity contribution in [2.24, 2.45) is 50.2 Å². The van der Waals surface area contributed by atoms with Crippen molar-refractivity contribution in [1.82, 2.24) is 0 Å². The third-order valence-corrected chi connectivity index (χ3v) is 12.7. The summed E-state index contributed by atoms with van der Waals surface area (Å²) >= 11 is 5.95. The molecule has 5 nitrogen and oxygen atoms in total. The maximum Gasteiger partial charge on any atom is 0.312 e. The van der Waals surface area contributed by atoms with Crippen LogP contribution in [0.2, 0.25) is 0 Å². The van der Waals surface area contributed by atoms with E-state index in [1.807, 2.05) is 19.9 Å². The number of fused-ring (bicyclic) bond motifs is 7. The van der Waals surface area contributed by atoms with Crippen molar-refractivity contribution in [2.45, 2.75) is 93.4 Å². The summed E-state index contributed by atoms with van der Waals surface area (Å²) in [6.45, 7) is 15.0. The predicted molar refractivity (Wildman–Crippen MR) is 146 cm³/mol. The molecule has 0 spiro atoms. The monoisotopic (exact) mass is 542 g/mol. The summed E-state index contributed by atoms with van der Waals surface area (Å²) in [4.78, 5) is 53.5. The molecule has 6 heteroatoms. The highest BCUT2D eigenvalue weighted by molar-refractivity contribution is 6.70. The highest BCUT2D eigenvalue weighted by Gasteiger charge is 2.71. The largest absolute Gasteiger partial charge is 0.469 e. The SMILES string of the molecule is COC(=O)[C@]12CCC(C)(C)C[C@H]1[C@H]1C(=O)C=C3[C@@]4(C)C=C(C(=O)Cl)C(=O)C(C)(C)[C@@H]4CC[C@@]3(C)[C@]1(C)CC2. The van der Waals surface area contributed by atoms with Gasteiger partial charge in [0.25, 0.3) is 5.24 Å². The molecule has 3 saturated carbocycles. The van der Waals surface area contributed by atoms with Gasteiger partial charge in [-0.05, 0) is 90.7 Å². The molecule has 0 heterocycles. The molecule has 0 aliphatic heterocycles. The molecular formula is C32H43ClO5. The summed E-state index contributed by atoms with van der Waals surface area (Å²) in [5.41, 5.74) is -1.60. The summed E-state index contributed by atoms with van der Waals surface area (Å²) in [6, 6.07) is 0. The Balaban J connectivity index is 1.71. The zero-order chi connectivity index (χ0) is 28.3. The van der Waals surface area contributed by atoms with E-state index in [1.165, 1.54) is 7.11 Å². The number of ketones is 2. The topological polar surface area (TPSA) is 77.5 Å². The minimum atomic E-state index is -0.771. The average molecular weight is 543 g/mol. The van der Waals surface area contributed by atoms with E-state index in [0.717, 1.165) is 50.5 Å². The Morgan fingerprint density at radius 3 is 2.18 bits per heavy atom. The summed E-state index contributed by atoms with van der Waals surface area (Å²) < 4.78 is 5.40. The number of rotatable bonds is 2. The molecule has 0 amide bonds. The number of halogens is 1. The maximum atomic E-state index is 14.4. The van der Waals surface area contributed by atoms with E-state index in [4.69, 9.17) is 16.3 Å². The number of hydrogen-bond acceptors (Lipinski definition) is 5. The highest BCUT2D eigenvalue weighted by atomic mass is 35.5. The van der Waals surface area contributed by atoms with Gasteiger partial charge in [-0.25, -0.2) is 0 Å². The van der Waals surface area contributed by atoms with E-state index in [0.29, 0.717) is 0 Å². The molecule has 0 saturated heterocycles. The second kappa shape index (κ2) is 8.15. The summed E-state index contributed by atoms with van der Waals surface area (Å²) in [7, 11) is 1.47. The van der Waals surface area contributed by atoms with Gasteiger partial charge in [0.05, 0.1) is 18.1 Å². The Kier molecular flexibility index (Phi) is 5.96. The van der Waals surface area contributed by atoms with Gasteiger partial charge < -0.3 is 4.74 Å². The molecule has 0 aromatic carbocycles. The van der Waals surface area contributed by atoms with Gasteiger partial charge in [0, 0.05) is 16.7 Å². The number of carbonyl (C=O) groups excluding carboxylic acids is 4. The van der Waals surface area contributed by atoms with E-state index < -0.39 is 21.5 Å². The van der Waals surface area contributed by atoms with E-state index in [-0.39, 0.29) is 57.1 Å². The van der Waals surface area contributed by atoms with Crippen LogP contribution in [0.5, 0.6) is 0 Å². The van der Waals surface area contributed by atoms with Crippen LogP contribution in [-0.2, 0) is 23.9 Å². The van der Waals surface area contributed by atoms with E-state index in [9.17, 15) is 19.2 Å². The Morgan fingerprint density at radius 2 is 1.58 bits per heavy atom. The minimum absolute atomic E-state index is 0.0408. The number of ether oxygens (including phenoxy) is 1. The van der Waals surface area contributed by atoms with Gasteiger partial charge in [-0.1, -0.05) is 60.1 Å². The number of methoxy groups -OCH3 is 1. The smallest absolute Gasteiger partial charge is 0.312 e. The first-order valence-corrected chi connectivity index (χ1v) is 14.6. The zero-order valence-electron chi connectivity index (χ0n) is 24.3. The number of Topliss-reactive ketones (excluding diaryl/α,β-unsaturated/α-hetero) is 1. The van der Waals surface area contributed by atoms with Crippen molar-refractivity contribution in [2.75, 3.05) is 7.11 Å². The van der Waals surface area contributed by atoms with Gasteiger partial charge in [-0.2, -0.15) is 0 Å².